The number of hydrogen-bond acceptors (Lipinski definition) is 3. The first kappa shape index (κ1) is 7.31. The maximum Gasteiger partial charge on any atom is 0.0822 e. The van der Waals surface area contributed by atoms with E-state index in [4.69, 9.17) is 5.73 Å². The highest BCUT2D eigenvalue weighted by atomic mass is 32.1. The van der Waals surface area contributed by atoms with Gasteiger partial charge >= 0.3 is 0 Å². The molecule has 2 aromatic heterocycles. The number of anilines is 1. The second-order valence-electron chi connectivity index (χ2n) is 2.45. The van der Waals surface area contributed by atoms with Crippen LogP contribution in [-0.2, 0) is 0 Å². The Kier molecular flexibility index (Phi) is 1.80. The number of aromatic nitrogens is 1. The average molecular weight is 176 g/mol. The number of thiophene rings is 1. The molecule has 12 heavy (non-hydrogen) atoms. The van der Waals surface area contributed by atoms with Gasteiger partial charge in [-0.1, -0.05) is 6.07 Å². The van der Waals surface area contributed by atoms with E-state index < -0.39 is 0 Å². The first-order valence-electron chi connectivity index (χ1n) is 3.62. The van der Waals surface area contributed by atoms with Crippen LogP contribution in [0.1, 0.15) is 0 Å². The van der Waals surface area contributed by atoms with Crippen LogP contribution < -0.4 is 5.73 Å². The molecule has 0 unspecified atom stereocenters. The number of nitrogens with zero attached hydrogens (tertiary/aromatic N) is 1. The van der Waals surface area contributed by atoms with Gasteiger partial charge in [-0.2, -0.15) is 0 Å². The maximum absolute atomic E-state index is 5.63. The molecule has 0 aliphatic heterocycles. The van der Waals surface area contributed by atoms with Crippen molar-refractivity contribution in [3.63, 3.8) is 0 Å². The topological polar surface area (TPSA) is 38.9 Å². The largest absolute Gasteiger partial charge is 0.399 e. The Balaban J connectivity index is 2.48. The van der Waals surface area contributed by atoms with Gasteiger partial charge in [0.2, 0.25) is 0 Å². The van der Waals surface area contributed by atoms with Gasteiger partial charge in [-0.15, -0.1) is 11.3 Å². The quantitative estimate of drug-likeness (QED) is 0.724. The van der Waals surface area contributed by atoms with Crippen molar-refractivity contribution in [3.05, 3.63) is 35.8 Å². The van der Waals surface area contributed by atoms with Gasteiger partial charge in [-0.3, -0.25) is 4.98 Å². The number of nitrogens with two attached hydrogens (primary N) is 1. The van der Waals surface area contributed by atoms with Gasteiger partial charge in [-0.05, 0) is 23.6 Å². The zero-order valence-electron chi connectivity index (χ0n) is 6.40. The lowest BCUT2D eigenvalue weighted by Gasteiger charge is -1.96. The molecule has 0 aliphatic carbocycles. The zero-order valence-corrected chi connectivity index (χ0v) is 7.21. The van der Waals surface area contributed by atoms with Gasteiger partial charge in [0.05, 0.1) is 10.6 Å². The minimum Gasteiger partial charge on any atom is -0.399 e. The molecule has 2 aromatic rings. The summed E-state index contributed by atoms with van der Waals surface area (Å²) in [4.78, 5) is 5.37. The van der Waals surface area contributed by atoms with Gasteiger partial charge in [0.15, 0.2) is 0 Å². The molecule has 0 aliphatic rings. The molecule has 2 N–H and O–H groups in total. The molecule has 0 aromatic carbocycles. The molecule has 2 heterocycles. The molecule has 3 heteroatoms. The van der Waals surface area contributed by atoms with Crippen molar-refractivity contribution < 1.29 is 0 Å². The van der Waals surface area contributed by atoms with Crippen LogP contribution in [0.4, 0.5) is 5.69 Å². The van der Waals surface area contributed by atoms with Crippen LogP contribution in [0.15, 0.2) is 35.8 Å². The number of pyridine rings is 1. The van der Waals surface area contributed by atoms with Gasteiger partial charge in [-0.25, -0.2) is 0 Å². The third kappa shape index (κ3) is 1.31. The van der Waals surface area contributed by atoms with Crippen molar-refractivity contribution in [3.8, 4) is 10.6 Å². The monoisotopic (exact) mass is 176 g/mol. The third-order valence-electron chi connectivity index (χ3n) is 1.56. The Hall–Kier alpha value is -1.35. The molecular formula is C9H8N2S. The van der Waals surface area contributed by atoms with E-state index in [2.05, 4.69) is 4.98 Å². The summed E-state index contributed by atoms with van der Waals surface area (Å²) in [6, 6.07) is 7.71. The first-order valence-corrected chi connectivity index (χ1v) is 4.49. The lowest BCUT2D eigenvalue weighted by molar-refractivity contribution is 1.34. The highest BCUT2D eigenvalue weighted by Crippen LogP contribution is 2.23. The molecule has 0 saturated heterocycles. The summed E-state index contributed by atoms with van der Waals surface area (Å²) in [6.07, 6.45) is 1.73. The minimum absolute atomic E-state index is 0.758. The molecule has 0 radical (unpaired) electrons. The molecule has 0 bridgehead atoms. The smallest absolute Gasteiger partial charge is 0.0822 e. The summed E-state index contributed by atoms with van der Waals surface area (Å²) in [6.45, 7) is 0. The van der Waals surface area contributed by atoms with Crippen LogP contribution in [0, 0.1) is 0 Å². The van der Waals surface area contributed by atoms with Crippen molar-refractivity contribution in [1.82, 2.24) is 4.98 Å². The lowest BCUT2D eigenvalue weighted by atomic mass is 10.3. The molecule has 0 fully saturated rings. The molecular weight excluding hydrogens is 168 g/mol. The van der Waals surface area contributed by atoms with E-state index in [9.17, 15) is 0 Å². The Labute approximate surface area is 74.7 Å². The van der Waals surface area contributed by atoms with Gasteiger partial charge in [0.1, 0.15) is 0 Å². The summed E-state index contributed by atoms with van der Waals surface area (Å²) >= 11 is 1.67. The summed E-state index contributed by atoms with van der Waals surface area (Å²) < 4.78 is 0. The van der Waals surface area contributed by atoms with Crippen molar-refractivity contribution in [2.24, 2.45) is 0 Å². The minimum atomic E-state index is 0.758. The summed E-state index contributed by atoms with van der Waals surface area (Å²) in [5.41, 5.74) is 7.34. The highest BCUT2D eigenvalue weighted by molar-refractivity contribution is 7.13. The average Bonchev–Trinajstić information content (AvgIpc) is 2.56. The molecule has 60 valence electrons. The zero-order chi connectivity index (χ0) is 8.39. The van der Waals surface area contributed by atoms with E-state index in [1.165, 1.54) is 0 Å². The summed E-state index contributed by atoms with van der Waals surface area (Å²) in [5.74, 6) is 0. The van der Waals surface area contributed by atoms with Gasteiger partial charge < -0.3 is 5.73 Å². The molecule has 0 saturated carbocycles. The van der Waals surface area contributed by atoms with E-state index in [1.54, 1.807) is 23.6 Å². The Morgan fingerprint density at radius 1 is 1.33 bits per heavy atom. The van der Waals surface area contributed by atoms with E-state index in [0.29, 0.717) is 0 Å². The molecule has 0 atom stereocenters. The third-order valence-corrected chi connectivity index (χ3v) is 2.45. The fraction of sp³-hybridized carbons (Fsp3) is 0. The summed E-state index contributed by atoms with van der Waals surface area (Å²) in [7, 11) is 0. The Morgan fingerprint density at radius 2 is 2.25 bits per heavy atom. The van der Waals surface area contributed by atoms with Crippen LogP contribution in [0.3, 0.4) is 0 Å². The van der Waals surface area contributed by atoms with Gasteiger partial charge in [0.25, 0.3) is 0 Å². The molecule has 0 amide bonds. The van der Waals surface area contributed by atoms with Gasteiger partial charge in [0, 0.05) is 11.9 Å². The van der Waals surface area contributed by atoms with Crippen molar-refractivity contribution in [1.29, 1.82) is 0 Å². The molecule has 2 nitrogen and oxygen atoms in total. The fourth-order valence-electron chi connectivity index (χ4n) is 1.01. The second-order valence-corrected chi connectivity index (χ2v) is 3.40. The molecule has 0 spiro atoms. The standard InChI is InChI=1S/C9H8N2S/c10-7-3-4-11-8(6-7)9-2-1-5-12-9/h1-6H,(H2,10,11). The summed E-state index contributed by atoms with van der Waals surface area (Å²) in [5, 5.41) is 2.03. The number of rotatable bonds is 1. The first-order chi connectivity index (χ1) is 5.86. The fourth-order valence-corrected chi connectivity index (χ4v) is 1.70. The Morgan fingerprint density at radius 3 is 2.92 bits per heavy atom. The van der Waals surface area contributed by atoms with Crippen molar-refractivity contribution >= 4 is 17.0 Å². The van der Waals surface area contributed by atoms with Crippen molar-refractivity contribution in [2.75, 3.05) is 5.73 Å². The maximum atomic E-state index is 5.63. The van der Waals surface area contributed by atoms with Crippen LogP contribution in [0.25, 0.3) is 10.6 Å². The van der Waals surface area contributed by atoms with E-state index in [0.717, 1.165) is 16.3 Å². The van der Waals surface area contributed by atoms with Crippen LogP contribution in [-0.4, -0.2) is 4.98 Å². The predicted octanol–water partition coefficient (Wildman–Crippen LogP) is 2.39. The number of nitrogen functional groups attached to an aromatic ring is 1. The van der Waals surface area contributed by atoms with E-state index in [1.807, 2.05) is 23.6 Å². The Bertz CT molecular complexity index is 368. The second kappa shape index (κ2) is 2.95. The lowest BCUT2D eigenvalue weighted by Crippen LogP contribution is -1.86. The predicted molar refractivity (Wildman–Crippen MR) is 52.0 cm³/mol. The SMILES string of the molecule is Nc1ccnc(-c2cccs2)c1. The van der Waals surface area contributed by atoms with Crippen LogP contribution in [0.5, 0.6) is 0 Å². The molecule has 2 rings (SSSR count). The highest BCUT2D eigenvalue weighted by Gasteiger charge is 1.98. The van der Waals surface area contributed by atoms with Crippen LogP contribution in [0.2, 0.25) is 0 Å². The normalized spacial score (nSPS) is 10.0. The van der Waals surface area contributed by atoms with Crippen LogP contribution >= 0.6 is 11.3 Å². The van der Waals surface area contributed by atoms with E-state index in [-0.39, 0.29) is 0 Å². The van der Waals surface area contributed by atoms with Crippen molar-refractivity contribution in [2.45, 2.75) is 0 Å². The van der Waals surface area contributed by atoms with E-state index >= 15 is 0 Å². The number of hydrogen-bond donors (Lipinski definition) is 1.